The second-order valence-electron chi connectivity index (χ2n) is 6.55. The number of hydrogen-bond donors (Lipinski definition) is 2. The number of benzene rings is 1. The lowest BCUT2D eigenvalue weighted by Crippen LogP contribution is -2.15. The van der Waals surface area contributed by atoms with Gasteiger partial charge in [-0.25, -0.2) is 0 Å². The highest BCUT2D eigenvalue weighted by atomic mass is 16.4. The van der Waals surface area contributed by atoms with Crippen LogP contribution in [-0.2, 0) is 20.8 Å². The molecule has 1 fully saturated rings. The Balaban J connectivity index is 2.32. The molecule has 2 unspecified atom stereocenters. The Morgan fingerprint density at radius 3 is 2.48 bits per heavy atom. The largest absolute Gasteiger partial charge is 0.481 e. The Morgan fingerprint density at radius 2 is 1.92 bits per heavy atom. The van der Waals surface area contributed by atoms with Crippen molar-refractivity contribution >= 4 is 23.5 Å². The van der Waals surface area contributed by atoms with E-state index in [-0.39, 0.29) is 30.3 Å². The molecule has 2 atom stereocenters. The molecule has 0 bridgehead atoms. The summed E-state index contributed by atoms with van der Waals surface area (Å²) < 4.78 is 0. The summed E-state index contributed by atoms with van der Waals surface area (Å²) in [5.74, 6) is -3.09. The van der Waals surface area contributed by atoms with E-state index in [2.05, 4.69) is 0 Å². The summed E-state index contributed by atoms with van der Waals surface area (Å²) in [4.78, 5) is 46.3. The van der Waals surface area contributed by atoms with Crippen molar-refractivity contribution in [2.24, 2.45) is 5.92 Å². The Hall–Kier alpha value is -2.50. The molecule has 0 amide bonds. The van der Waals surface area contributed by atoms with Crippen LogP contribution in [0.1, 0.15) is 66.4 Å². The fourth-order valence-corrected chi connectivity index (χ4v) is 3.17. The maximum atomic E-state index is 12.5. The van der Waals surface area contributed by atoms with Gasteiger partial charge in [0.1, 0.15) is 5.78 Å². The average Bonchev–Trinajstić information content (AvgIpc) is 2.97. The predicted octanol–water partition coefficient (Wildman–Crippen LogP) is 2.83. The van der Waals surface area contributed by atoms with Gasteiger partial charge in [-0.05, 0) is 43.4 Å². The highest BCUT2D eigenvalue weighted by Crippen LogP contribution is 2.28. The number of Topliss-reactive ketones (excluding diaryl/α,β-unsaturated/α-hetero) is 2. The third kappa shape index (κ3) is 4.75. The first kappa shape index (κ1) is 18.8. The second kappa shape index (κ2) is 8.05. The Morgan fingerprint density at radius 1 is 1.20 bits per heavy atom. The summed E-state index contributed by atoms with van der Waals surface area (Å²) >= 11 is 0. The molecule has 6 nitrogen and oxygen atoms in total. The molecule has 1 saturated carbocycles. The van der Waals surface area contributed by atoms with Gasteiger partial charge in [-0.3, -0.25) is 19.2 Å². The number of carboxylic acids is 2. The fourth-order valence-electron chi connectivity index (χ4n) is 3.17. The maximum Gasteiger partial charge on any atom is 0.310 e. The molecule has 25 heavy (non-hydrogen) atoms. The van der Waals surface area contributed by atoms with E-state index in [0.717, 1.165) is 12.8 Å². The van der Waals surface area contributed by atoms with Crippen molar-refractivity contribution in [1.82, 2.24) is 0 Å². The van der Waals surface area contributed by atoms with Crippen molar-refractivity contribution in [1.29, 1.82) is 0 Å². The van der Waals surface area contributed by atoms with Crippen LogP contribution < -0.4 is 0 Å². The van der Waals surface area contributed by atoms with Crippen LogP contribution in [0.5, 0.6) is 0 Å². The molecule has 134 valence electrons. The van der Waals surface area contributed by atoms with Crippen molar-refractivity contribution < 1.29 is 29.4 Å². The van der Waals surface area contributed by atoms with Crippen molar-refractivity contribution in [2.45, 2.75) is 51.4 Å². The minimum absolute atomic E-state index is 0.117. The zero-order chi connectivity index (χ0) is 18.6. The molecule has 2 N–H and O–H groups in total. The minimum atomic E-state index is -1.06. The summed E-state index contributed by atoms with van der Waals surface area (Å²) in [7, 11) is 0. The van der Waals surface area contributed by atoms with Crippen molar-refractivity contribution in [3.05, 3.63) is 34.9 Å². The van der Waals surface area contributed by atoms with E-state index in [1.54, 1.807) is 12.1 Å². The molecule has 0 aliphatic heterocycles. The van der Waals surface area contributed by atoms with Crippen LogP contribution in [0.3, 0.4) is 0 Å². The van der Waals surface area contributed by atoms with Crippen LogP contribution in [0, 0.1) is 5.92 Å². The molecule has 6 heteroatoms. The number of carbonyl (C=O) groups excluding carboxylic acids is 2. The minimum Gasteiger partial charge on any atom is -0.481 e. The standard InChI is InChI=1S/C19H22O6/c1-11(19(24)25)12-5-6-13(9-14-3-2-4-16(14)20)15(10-12)17(21)7-8-18(22)23/h5-6,10-11,14H,2-4,7-9H2,1H3,(H,22,23)(H,24,25). The van der Waals surface area contributed by atoms with E-state index in [9.17, 15) is 19.2 Å². The number of rotatable bonds is 8. The average molecular weight is 346 g/mol. The molecule has 0 spiro atoms. The number of hydrogen-bond acceptors (Lipinski definition) is 4. The Labute approximate surface area is 145 Å². The van der Waals surface area contributed by atoms with Crippen LogP contribution in [0.25, 0.3) is 0 Å². The van der Waals surface area contributed by atoms with Crippen LogP contribution in [0.4, 0.5) is 0 Å². The molecule has 0 aromatic heterocycles. The molecule has 1 aromatic carbocycles. The van der Waals surface area contributed by atoms with Gasteiger partial charge in [-0.2, -0.15) is 0 Å². The van der Waals surface area contributed by atoms with Gasteiger partial charge in [0.2, 0.25) is 0 Å². The van der Waals surface area contributed by atoms with Gasteiger partial charge < -0.3 is 10.2 Å². The molecule has 1 aromatic rings. The van der Waals surface area contributed by atoms with Gasteiger partial charge in [-0.15, -0.1) is 0 Å². The first-order valence-electron chi connectivity index (χ1n) is 8.43. The summed E-state index contributed by atoms with van der Waals surface area (Å²) in [6.45, 7) is 1.53. The number of carbonyl (C=O) groups is 4. The van der Waals surface area contributed by atoms with Crippen molar-refractivity contribution in [2.75, 3.05) is 0 Å². The zero-order valence-electron chi connectivity index (χ0n) is 14.2. The quantitative estimate of drug-likeness (QED) is 0.701. The number of carboxylic acid groups (broad SMARTS) is 2. The first-order valence-corrected chi connectivity index (χ1v) is 8.43. The van der Waals surface area contributed by atoms with E-state index in [1.165, 1.54) is 13.0 Å². The fraction of sp³-hybridized carbons (Fsp3) is 0.474. The topological polar surface area (TPSA) is 109 Å². The van der Waals surface area contributed by atoms with Gasteiger partial charge in [-0.1, -0.05) is 12.1 Å². The highest BCUT2D eigenvalue weighted by Gasteiger charge is 2.27. The Bertz CT molecular complexity index is 706. The zero-order valence-corrected chi connectivity index (χ0v) is 14.2. The maximum absolute atomic E-state index is 12.5. The lowest BCUT2D eigenvalue weighted by atomic mass is 9.88. The molecule has 2 rings (SSSR count). The lowest BCUT2D eigenvalue weighted by molar-refractivity contribution is -0.138. The number of aliphatic carboxylic acids is 2. The summed E-state index contributed by atoms with van der Waals surface area (Å²) in [6, 6.07) is 4.91. The highest BCUT2D eigenvalue weighted by molar-refractivity contribution is 5.99. The molecule has 0 saturated heterocycles. The van der Waals surface area contributed by atoms with E-state index in [4.69, 9.17) is 10.2 Å². The third-order valence-corrected chi connectivity index (χ3v) is 4.77. The predicted molar refractivity (Wildman–Crippen MR) is 89.7 cm³/mol. The van der Waals surface area contributed by atoms with Crippen LogP contribution >= 0.6 is 0 Å². The molecule has 1 aliphatic rings. The van der Waals surface area contributed by atoms with E-state index >= 15 is 0 Å². The summed E-state index contributed by atoms with van der Waals surface area (Å²) in [5.41, 5.74) is 1.52. The van der Waals surface area contributed by atoms with E-state index < -0.39 is 17.9 Å². The third-order valence-electron chi connectivity index (χ3n) is 4.77. The monoisotopic (exact) mass is 346 g/mol. The van der Waals surface area contributed by atoms with Crippen LogP contribution in [0.15, 0.2) is 18.2 Å². The molecule has 0 radical (unpaired) electrons. The lowest BCUT2D eigenvalue weighted by Gasteiger charge is -2.15. The van der Waals surface area contributed by atoms with E-state index in [1.807, 2.05) is 0 Å². The SMILES string of the molecule is CC(C(=O)O)c1ccc(CC2CCCC2=O)c(C(=O)CCC(=O)O)c1. The van der Waals surface area contributed by atoms with Gasteiger partial charge in [0, 0.05) is 24.3 Å². The van der Waals surface area contributed by atoms with Crippen LogP contribution in [0.2, 0.25) is 0 Å². The number of ketones is 2. The van der Waals surface area contributed by atoms with Crippen LogP contribution in [-0.4, -0.2) is 33.7 Å². The molecular weight excluding hydrogens is 324 g/mol. The van der Waals surface area contributed by atoms with Gasteiger partial charge in [0.15, 0.2) is 5.78 Å². The summed E-state index contributed by atoms with van der Waals surface area (Å²) in [5, 5.41) is 18.0. The molecule has 1 aliphatic carbocycles. The second-order valence-corrected chi connectivity index (χ2v) is 6.55. The van der Waals surface area contributed by atoms with Gasteiger partial charge in [0.05, 0.1) is 12.3 Å². The normalized spacial score (nSPS) is 18.1. The summed E-state index contributed by atoms with van der Waals surface area (Å²) in [6.07, 6.45) is 2.20. The molecule has 0 heterocycles. The van der Waals surface area contributed by atoms with Crippen molar-refractivity contribution in [3.8, 4) is 0 Å². The Kier molecular flexibility index (Phi) is 6.07. The first-order chi connectivity index (χ1) is 11.8. The van der Waals surface area contributed by atoms with E-state index in [0.29, 0.717) is 29.5 Å². The molecular formula is C19H22O6. The van der Waals surface area contributed by atoms with Crippen molar-refractivity contribution in [3.63, 3.8) is 0 Å². The smallest absolute Gasteiger partial charge is 0.310 e. The van der Waals surface area contributed by atoms with Gasteiger partial charge >= 0.3 is 11.9 Å². The van der Waals surface area contributed by atoms with Gasteiger partial charge in [0.25, 0.3) is 0 Å².